The summed E-state index contributed by atoms with van der Waals surface area (Å²) < 4.78 is 50.9. The fraction of sp³-hybridized carbons (Fsp3) is 0.120. The molecule has 1 amide bonds. The fourth-order valence-corrected chi connectivity index (χ4v) is 3.41. The van der Waals surface area contributed by atoms with Gasteiger partial charge in [-0.15, -0.1) is 0 Å². The summed E-state index contributed by atoms with van der Waals surface area (Å²) in [5, 5.41) is 18.5. The Hall–Kier alpha value is -4.58. The van der Waals surface area contributed by atoms with Crippen LogP contribution in [0.2, 0.25) is 5.02 Å². The second-order valence-corrected chi connectivity index (χ2v) is 8.39. The lowest BCUT2D eigenvalue weighted by atomic mass is 10.2. The zero-order chi connectivity index (χ0) is 27.4. The smallest absolute Gasteiger partial charge is 0.416 e. The van der Waals surface area contributed by atoms with Crippen LogP contribution in [0.25, 0.3) is 0 Å². The summed E-state index contributed by atoms with van der Waals surface area (Å²) in [5.74, 6) is -0.210. The van der Waals surface area contributed by atoms with E-state index in [4.69, 9.17) is 21.1 Å². The van der Waals surface area contributed by atoms with Gasteiger partial charge in [0.15, 0.2) is 12.4 Å². The minimum Gasteiger partial charge on any atom is -0.471 e. The Labute approximate surface area is 218 Å². The van der Waals surface area contributed by atoms with Crippen LogP contribution in [-0.4, -0.2) is 20.6 Å². The Morgan fingerprint density at radius 2 is 1.87 bits per heavy atom. The molecule has 0 saturated carbocycles. The summed E-state index contributed by atoms with van der Waals surface area (Å²) in [7, 11) is 0. The number of hydrogen-bond acceptors (Lipinski definition) is 6. The van der Waals surface area contributed by atoms with E-state index in [0.717, 1.165) is 23.8 Å². The van der Waals surface area contributed by atoms with Crippen LogP contribution < -0.4 is 14.8 Å². The quantitative estimate of drug-likeness (QED) is 0.191. The van der Waals surface area contributed by atoms with E-state index in [9.17, 15) is 28.1 Å². The molecule has 9 nitrogen and oxygen atoms in total. The first-order chi connectivity index (χ1) is 18.0. The molecule has 0 aliphatic rings. The summed E-state index contributed by atoms with van der Waals surface area (Å²) in [6.45, 7) is 1.52. The van der Waals surface area contributed by atoms with Crippen LogP contribution in [-0.2, 0) is 12.9 Å². The average molecular weight is 547 g/mol. The maximum atomic E-state index is 12.9. The molecule has 0 unspecified atom stereocenters. The molecule has 0 bridgehead atoms. The van der Waals surface area contributed by atoms with Gasteiger partial charge in [-0.05, 0) is 55.0 Å². The van der Waals surface area contributed by atoms with Crippen LogP contribution >= 0.6 is 11.6 Å². The van der Waals surface area contributed by atoms with E-state index in [2.05, 4.69) is 10.4 Å². The van der Waals surface area contributed by atoms with Gasteiger partial charge < -0.3 is 14.8 Å². The normalized spacial score (nSPS) is 11.2. The largest absolute Gasteiger partial charge is 0.471 e. The highest BCUT2D eigenvalue weighted by atomic mass is 35.5. The minimum atomic E-state index is -4.51. The molecule has 1 aromatic heterocycles. The number of nitrogens with one attached hydrogen (secondary N) is 1. The van der Waals surface area contributed by atoms with Crippen molar-refractivity contribution in [2.45, 2.75) is 19.8 Å². The number of carbonyl (C=O) groups is 1. The number of nitrogens with zero attached hydrogens (tertiary/aromatic N) is 3. The predicted octanol–water partition coefficient (Wildman–Crippen LogP) is 6.85. The second kappa shape index (κ2) is 10.8. The van der Waals surface area contributed by atoms with Gasteiger partial charge in [0.1, 0.15) is 17.2 Å². The Kier molecular flexibility index (Phi) is 7.53. The van der Waals surface area contributed by atoms with Gasteiger partial charge in [0.2, 0.25) is 0 Å². The molecule has 1 heterocycles. The van der Waals surface area contributed by atoms with Gasteiger partial charge in [0.05, 0.1) is 22.2 Å². The number of carbonyl (C=O) groups excluding carboxylic acids is 1. The van der Waals surface area contributed by atoms with E-state index in [1.807, 2.05) is 0 Å². The summed E-state index contributed by atoms with van der Waals surface area (Å²) in [6.07, 6.45) is -3.12. The molecular weight excluding hydrogens is 529 g/mol. The summed E-state index contributed by atoms with van der Waals surface area (Å²) in [6, 6.07) is 14.4. The van der Waals surface area contributed by atoms with Gasteiger partial charge in [-0.2, -0.15) is 18.3 Å². The lowest BCUT2D eigenvalue weighted by Gasteiger charge is -2.10. The molecule has 4 aromatic rings. The molecule has 1 N–H and O–H groups in total. The first kappa shape index (κ1) is 26.5. The van der Waals surface area contributed by atoms with Gasteiger partial charge >= 0.3 is 6.18 Å². The highest BCUT2D eigenvalue weighted by Crippen LogP contribution is 2.32. The molecule has 0 radical (unpaired) electrons. The van der Waals surface area contributed by atoms with Crippen molar-refractivity contribution in [3.05, 3.63) is 105 Å². The van der Waals surface area contributed by atoms with Crippen molar-refractivity contribution in [2.24, 2.45) is 0 Å². The van der Waals surface area contributed by atoms with Crippen LogP contribution in [0.5, 0.6) is 17.2 Å². The average Bonchev–Trinajstić information content (AvgIpc) is 3.34. The molecule has 0 saturated heterocycles. The van der Waals surface area contributed by atoms with Crippen molar-refractivity contribution >= 4 is 28.9 Å². The van der Waals surface area contributed by atoms with E-state index in [1.54, 1.807) is 25.1 Å². The van der Waals surface area contributed by atoms with Crippen molar-refractivity contribution in [3.63, 3.8) is 0 Å². The van der Waals surface area contributed by atoms with Crippen molar-refractivity contribution in [1.29, 1.82) is 0 Å². The molecule has 3 aromatic carbocycles. The van der Waals surface area contributed by atoms with Crippen LogP contribution in [0.3, 0.4) is 0 Å². The molecule has 0 aliphatic heterocycles. The number of nitro benzene ring substituents is 1. The summed E-state index contributed by atoms with van der Waals surface area (Å²) >= 11 is 6.02. The molecule has 4 rings (SSSR count). The van der Waals surface area contributed by atoms with Crippen molar-refractivity contribution < 1.29 is 32.4 Å². The van der Waals surface area contributed by atoms with Gasteiger partial charge in [0.25, 0.3) is 11.6 Å². The topological polar surface area (TPSA) is 109 Å². The number of non-ortho nitro benzene ring substituents is 1. The Morgan fingerprint density at radius 1 is 1.08 bits per heavy atom. The number of halogens is 4. The van der Waals surface area contributed by atoms with E-state index in [-0.39, 0.29) is 35.3 Å². The van der Waals surface area contributed by atoms with Gasteiger partial charge in [0, 0.05) is 23.4 Å². The van der Waals surface area contributed by atoms with Crippen LogP contribution in [0, 0.1) is 17.0 Å². The number of amides is 1. The third-order valence-electron chi connectivity index (χ3n) is 5.12. The molecule has 13 heteroatoms. The van der Waals surface area contributed by atoms with Gasteiger partial charge in [-0.3, -0.25) is 14.9 Å². The molecule has 196 valence electrons. The summed E-state index contributed by atoms with van der Waals surface area (Å²) in [5.41, 5.74) is -0.402. The van der Waals surface area contributed by atoms with Gasteiger partial charge in [-0.1, -0.05) is 17.7 Å². The van der Waals surface area contributed by atoms with E-state index in [0.29, 0.717) is 10.8 Å². The Morgan fingerprint density at radius 3 is 2.58 bits per heavy atom. The molecule has 0 atom stereocenters. The zero-order valence-corrected chi connectivity index (χ0v) is 20.3. The van der Waals surface area contributed by atoms with Crippen molar-refractivity contribution in [1.82, 2.24) is 9.78 Å². The number of hydrogen-bond donors (Lipinski definition) is 1. The number of aromatic nitrogens is 2. The maximum Gasteiger partial charge on any atom is 0.416 e. The molecule has 0 aliphatic carbocycles. The monoisotopic (exact) mass is 546 g/mol. The number of anilines is 1. The first-order valence-corrected chi connectivity index (χ1v) is 11.2. The van der Waals surface area contributed by atoms with Crippen LogP contribution in [0.15, 0.2) is 72.9 Å². The molecule has 0 fully saturated rings. The SMILES string of the molecule is Cc1cc(Oc2cc(NC(=O)c3ccn(COc4cccc(C(F)(F)F)c4)n3)cc([N+](=O)[O-])c2)ccc1Cl. The van der Waals surface area contributed by atoms with Crippen LogP contribution in [0.4, 0.5) is 24.5 Å². The molecule has 0 spiro atoms. The number of nitro groups is 1. The number of benzene rings is 3. The lowest BCUT2D eigenvalue weighted by Crippen LogP contribution is -2.14. The number of ether oxygens (including phenoxy) is 2. The first-order valence-electron chi connectivity index (χ1n) is 10.9. The van der Waals surface area contributed by atoms with Crippen molar-refractivity contribution in [3.8, 4) is 17.2 Å². The highest BCUT2D eigenvalue weighted by molar-refractivity contribution is 6.31. The predicted molar refractivity (Wildman–Crippen MR) is 132 cm³/mol. The van der Waals surface area contributed by atoms with E-state index < -0.39 is 22.6 Å². The number of rotatable bonds is 8. The van der Waals surface area contributed by atoms with E-state index >= 15 is 0 Å². The standard InChI is InChI=1S/C25H18ClF3N4O5/c1-15-9-20(5-6-22(15)26)38-21-12-17(11-18(13-21)33(35)36)30-24(34)23-7-8-32(31-23)14-37-19-4-2-3-16(10-19)25(27,28)29/h2-13H,14H2,1H3,(H,30,34). The number of aryl methyl sites for hydroxylation is 1. The van der Waals surface area contributed by atoms with E-state index in [1.165, 1.54) is 41.2 Å². The van der Waals surface area contributed by atoms with Gasteiger partial charge in [-0.25, -0.2) is 4.68 Å². The Bertz CT molecular complexity index is 1510. The van der Waals surface area contributed by atoms with Crippen molar-refractivity contribution in [2.75, 3.05) is 5.32 Å². The molecule has 38 heavy (non-hydrogen) atoms. The third-order valence-corrected chi connectivity index (χ3v) is 5.55. The highest BCUT2D eigenvalue weighted by Gasteiger charge is 2.30. The summed E-state index contributed by atoms with van der Waals surface area (Å²) in [4.78, 5) is 23.5. The zero-order valence-electron chi connectivity index (χ0n) is 19.5. The second-order valence-electron chi connectivity index (χ2n) is 7.98. The lowest BCUT2D eigenvalue weighted by molar-refractivity contribution is -0.384. The fourth-order valence-electron chi connectivity index (χ4n) is 3.29. The number of alkyl halides is 3. The van der Waals surface area contributed by atoms with Crippen LogP contribution in [0.1, 0.15) is 21.6 Å². The Balaban J connectivity index is 1.45. The maximum absolute atomic E-state index is 12.9. The third kappa shape index (κ3) is 6.59. The molecular formula is C25H18ClF3N4O5. The minimum absolute atomic E-state index is 0.0265.